The summed E-state index contributed by atoms with van der Waals surface area (Å²) in [4.78, 5) is 27.4. The SMILES string of the molecule is C=CCN1C(=O)C(CCC(=O)OCC)SC(c2cccc(OC)c2OC)c2cc(Cl)ccc21. The van der Waals surface area contributed by atoms with Gasteiger partial charge in [-0.1, -0.05) is 29.8 Å². The quantitative estimate of drug-likeness (QED) is 0.346. The third-order valence-electron chi connectivity index (χ3n) is 5.35. The van der Waals surface area contributed by atoms with Gasteiger partial charge in [-0.15, -0.1) is 18.3 Å². The molecule has 1 heterocycles. The number of methoxy groups -OCH3 is 2. The Labute approximate surface area is 203 Å². The molecule has 6 nitrogen and oxygen atoms in total. The second-order valence-electron chi connectivity index (χ2n) is 7.37. The number of hydrogen-bond acceptors (Lipinski definition) is 6. The molecule has 176 valence electrons. The van der Waals surface area contributed by atoms with E-state index in [0.717, 1.165) is 16.8 Å². The molecule has 1 amide bonds. The number of fused-ring (bicyclic) bond motifs is 1. The first-order valence-corrected chi connectivity index (χ1v) is 12.0. The van der Waals surface area contributed by atoms with E-state index >= 15 is 0 Å². The van der Waals surface area contributed by atoms with Crippen molar-refractivity contribution < 1.29 is 23.8 Å². The Balaban J connectivity index is 2.15. The molecule has 2 unspecified atom stereocenters. The van der Waals surface area contributed by atoms with Gasteiger partial charge in [0.2, 0.25) is 5.91 Å². The first-order valence-electron chi connectivity index (χ1n) is 10.7. The van der Waals surface area contributed by atoms with Crippen molar-refractivity contribution in [2.45, 2.75) is 30.3 Å². The van der Waals surface area contributed by atoms with Crippen LogP contribution in [0.5, 0.6) is 11.5 Å². The van der Waals surface area contributed by atoms with Crippen molar-refractivity contribution in [2.75, 3.05) is 32.3 Å². The molecule has 1 aliphatic heterocycles. The maximum absolute atomic E-state index is 13.6. The van der Waals surface area contributed by atoms with Crippen LogP contribution < -0.4 is 14.4 Å². The Morgan fingerprint density at radius 2 is 2.00 bits per heavy atom. The number of ether oxygens (including phenoxy) is 3. The van der Waals surface area contributed by atoms with Crippen LogP contribution in [0.25, 0.3) is 0 Å². The molecule has 0 saturated carbocycles. The molecule has 0 fully saturated rings. The average molecular weight is 490 g/mol. The highest BCUT2D eigenvalue weighted by atomic mass is 35.5. The molecule has 0 radical (unpaired) electrons. The smallest absolute Gasteiger partial charge is 0.305 e. The third-order valence-corrected chi connectivity index (χ3v) is 7.13. The Hall–Kier alpha value is -2.64. The summed E-state index contributed by atoms with van der Waals surface area (Å²) in [6.45, 7) is 6.23. The Morgan fingerprint density at radius 1 is 1.21 bits per heavy atom. The van der Waals surface area contributed by atoms with Gasteiger partial charge in [0.1, 0.15) is 0 Å². The zero-order valence-electron chi connectivity index (χ0n) is 19.0. The third kappa shape index (κ3) is 5.47. The van der Waals surface area contributed by atoms with Gasteiger partial charge in [0.05, 0.1) is 31.3 Å². The van der Waals surface area contributed by atoms with Crippen molar-refractivity contribution in [2.24, 2.45) is 0 Å². The van der Waals surface area contributed by atoms with Gasteiger partial charge in [-0.3, -0.25) is 9.59 Å². The van der Waals surface area contributed by atoms with E-state index in [0.29, 0.717) is 36.1 Å². The molecule has 2 atom stereocenters. The molecule has 0 spiro atoms. The molecule has 0 aliphatic carbocycles. The number of thioether (sulfide) groups is 1. The van der Waals surface area contributed by atoms with E-state index in [9.17, 15) is 9.59 Å². The average Bonchev–Trinajstić information content (AvgIpc) is 2.92. The second-order valence-corrected chi connectivity index (χ2v) is 9.12. The largest absolute Gasteiger partial charge is 0.493 e. The highest BCUT2D eigenvalue weighted by Gasteiger charge is 2.37. The van der Waals surface area contributed by atoms with Crippen molar-refractivity contribution in [1.29, 1.82) is 0 Å². The minimum absolute atomic E-state index is 0.0860. The number of anilines is 1. The lowest BCUT2D eigenvalue weighted by molar-refractivity contribution is -0.143. The van der Waals surface area contributed by atoms with Crippen molar-refractivity contribution >= 4 is 40.9 Å². The first-order chi connectivity index (χ1) is 15.9. The van der Waals surface area contributed by atoms with Crippen molar-refractivity contribution in [3.05, 3.63) is 65.2 Å². The zero-order chi connectivity index (χ0) is 24.0. The van der Waals surface area contributed by atoms with Gasteiger partial charge < -0.3 is 19.1 Å². The summed E-state index contributed by atoms with van der Waals surface area (Å²) in [5.41, 5.74) is 2.50. The van der Waals surface area contributed by atoms with Crippen LogP contribution in [0.15, 0.2) is 49.1 Å². The molecule has 2 aromatic carbocycles. The Kier molecular flexibility index (Phi) is 8.69. The van der Waals surface area contributed by atoms with Gasteiger partial charge in [-0.05, 0) is 43.2 Å². The summed E-state index contributed by atoms with van der Waals surface area (Å²) in [6.07, 6.45) is 2.19. The van der Waals surface area contributed by atoms with Crippen LogP contribution in [-0.2, 0) is 14.3 Å². The topological polar surface area (TPSA) is 65.1 Å². The predicted molar refractivity (Wildman–Crippen MR) is 133 cm³/mol. The van der Waals surface area contributed by atoms with Crippen molar-refractivity contribution in [3.8, 4) is 11.5 Å². The molecule has 0 aromatic heterocycles. The molecule has 2 aromatic rings. The van der Waals surface area contributed by atoms with E-state index in [1.54, 1.807) is 38.2 Å². The lowest BCUT2D eigenvalue weighted by Gasteiger charge is -2.24. The summed E-state index contributed by atoms with van der Waals surface area (Å²) in [5, 5.41) is -0.201. The van der Waals surface area contributed by atoms with E-state index in [1.807, 2.05) is 30.3 Å². The fourth-order valence-corrected chi connectivity index (χ4v) is 5.59. The van der Waals surface area contributed by atoms with Crippen LogP contribution in [0.4, 0.5) is 5.69 Å². The van der Waals surface area contributed by atoms with Crippen molar-refractivity contribution in [3.63, 3.8) is 0 Å². The summed E-state index contributed by atoms with van der Waals surface area (Å²) < 4.78 is 16.3. The van der Waals surface area contributed by atoms with Gasteiger partial charge >= 0.3 is 5.97 Å². The van der Waals surface area contributed by atoms with Gasteiger partial charge in [0, 0.05) is 29.2 Å². The number of esters is 1. The lowest BCUT2D eigenvalue weighted by Crippen LogP contribution is -2.37. The molecule has 0 bridgehead atoms. The number of benzene rings is 2. The molecule has 8 heteroatoms. The normalized spacial score (nSPS) is 17.7. The van der Waals surface area contributed by atoms with Crippen molar-refractivity contribution in [1.82, 2.24) is 0 Å². The van der Waals surface area contributed by atoms with Crippen LogP contribution >= 0.6 is 23.4 Å². The number of amides is 1. The highest BCUT2D eigenvalue weighted by molar-refractivity contribution is 8.01. The Bertz CT molecular complexity index is 1030. The maximum atomic E-state index is 13.6. The molecule has 0 N–H and O–H groups in total. The van der Waals surface area contributed by atoms with E-state index in [-0.39, 0.29) is 23.5 Å². The molecule has 33 heavy (non-hydrogen) atoms. The van der Waals surface area contributed by atoms with Crippen LogP contribution in [0.1, 0.15) is 36.1 Å². The van der Waals surface area contributed by atoms with Crippen LogP contribution in [0, 0.1) is 0 Å². The second kappa shape index (κ2) is 11.5. The van der Waals surface area contributed by atoms with Gasteiger partial charge in [0.15, 0.2) is 11.5 Å². The molecule has 3 rings (SSSR count). The van der Waals surface area contributed by atoms with Gasteiger partial charge in [-0.25, -0.2) is 0 Å². The maximum Gasteiger partial charge on any atom is 0.305 e. The molecular formula is C25H28ClNO5S. The fourth-order valence-electron chi connectivity index (χ4n) is 3.92. The highest BCUT2D eigenvalue weighted by Crippen LogP contribution is 2.51. The molecular weight excluding hydrogens is 462 g/mol. The van der Waals surface area contributed by atoms with E-state index in [2.05, 4.69) is 6.58 Å². The molecule has 0 saturated heterocycles. The lowest BCUT2D eigenvalue weighted by atomic mass is 10.00. The fraction of sp³-hybridized carbons (Fsp3) is 0.360. The Morgan fingerprint density at radius 3 is 2.67 bits per heavy atom. The number of halogens is 1. The molecule has 1 aliphatic rings. The summed E-state index contributed by atoms with van der Waals surface area (Å²) in [5.74, 6) is 0.789. The number of hydrogen-bond donors (Lipinski definition) is 0. The summed E-state index contributed by atoms with van der Waals surface area (Å²) >= 11 is 7.88. The van der Waals surface area contributed by atoms with Crippen LogP contribution in [0.3, 0.4) is 0 Å². The summed E-state index contributed by atoms with van der Waals surface area (Å²) in [7, 11) is 3.18. The van der Waals surface area contributed by atoms with E-state index in [1.165, 1.54) is 11.8 Å². The predicted octanol–water partition coefficient (Wildman–Crippen LogP) is 5.42. The zero-order valence-corrected chi connectivity index (χ0v) is 20.6. The van der Waals surface area contributed by atoms with Gasteiger partial charge in [-0.2, -0.15) is 0 Å². The number of rotatable bonds is 9. The van der Waals surface area contributed by atoms with E-state index < -0.39 is 5.25 Å². The number of para-hydroxylation sites is 1. The number of nitrogens with zero attached hydrogens (tertiary/aromatic N) is 1. The number of carbonyl (C=O) groups excluding carboxylic acids is 2. The standard InChI is InChI=1S/C25H28ClNO5S/c1-5-14-27-19-11-10-16(26)15-18(19)24(17-8-7-9-20(30-3)23(17)31-4)33-21(25(27)29)12-13-22(28)32-6-2/h5,7-11,15,21,24H,1,6,12-14H2,2-4H3. The summed E-state index contributed by atoms with van der Waals surface area (Å²) in [6, 6.07) is 11.2. The van der Waals surface area contributed by atoms with Gasteiger partial charge in [0.25, 0.3) is 0 Å². The minimum atomic E-state index is -0.485. The first kappa shape index (κ1) is 25.0. The van der Waals surface area contributed by atoms with Crippen LogP contribution in [0.2, 0.25) is 5.02 Å². The number of carbonyl (C=O) groups is 2. The van der Waals surface area contributed by atoms with E-state index in [4.69, 9.17) is 25.8 Å². The van der Waals surface area contributed by atoms with Crippen LogP contribution in [-0.4, -0.2) is 44.5 Å². The minimum Gasteiger partial charge on any atom is -0.493 e. The monoisotopic (exact) mass is 489 g/mol.